The number of hydrogen-bond donors (Lipinski definition) is 0. The molecule has 6 rings (SSSR count). The zero-order chi connectivity index (χ0) is 29.2. The summed E-state index contributed by atoms with van der Waals surface area (Å²) >= 11 is 0. The molecule has 0 spiro atoms. The van der Waals surface area contributed by atoms with Gasteiger partial charge in [-0.05, 0) is 75.0 Å². The lowest BCUT2D eigenvalue weighted by Crippen LogP contribution is -1.93. The molecule has 3 nitrogen and oxygen atoms in total. The Balaban J connectivity index is 1.71. The third-order valence-corrected chi connectivity index (χ3v) is 5.16. The molecule has 0 aliphatic rings. The van der Waals surface area contributed by atoms with Crippen molar-refractivity contribution < 1.29 is 12.3 Å². The molecule has 0 unspecified atom stereocenters. The maximum absolute atomic E-state index is 9.21. The molecule has 0 bridgehead atoms. The number of nitrogens with zero attached hydrogens (tertiary/aromatic N) is 3. The second kappa shape index (κ2) is 7.71. The van der Waals surface area contributed by atoms with Gasteiger partial charge in [-0.25, -0.2) is 4.98 Å². The summed E-state index contributed by atoms with van der Waals surface area (Å²) in [5.41, 5.74) is -0.343. The van der Waals surface area contributed by atoms with Crippen molar-refractivity contribution in [1.29, 1.82) is 0 Å². The fourth-order valence-electron chi connectivity index (χ4n) is 3.76. The summed E-state index contributed by atoms with van der Waals surface area (Å²) in [7, 11) is 0. The topological polar surface area (TPSA) is 38.7 Å². The molecule has 0 N–H and O–H groups in total. The highest BCUT2D eigenvalue weighted by atomic mass is 14.8. The first kappa shape index (κ1) is 11.3. The highest BCUT2D eigenvalue weighted by molar-refractivity contribution is 6.12. The van der Waals surface area contributed by atoms with E-state index in [9.17, 15) is 1.37 Å². The van der Waals surface area contributed by atoms with Gasteiger partial charge in [-0.1, -0.05) is 60.6 Å². The number of pyridine rings is 3. The van der Waals surface area contributed by atoms with Crippen molar-refractivity contribution >= 4 is 21.5 Å². The number of fused-ring (bicyclic) bond motifs is 2. The van der Waals surface area contributed by atoms with Crippen LogP contribution in [0.1, 0.15) is 12.3 Å². The van der Waals surface area contributed by atoms with E-state index in [0.29, 0.717) is 5.56 Å². The van der Waals surface area contributed by atoms with Crippen LogP contribution in [0.3, 0.4) is 0 Å². The van der Waals surface area contributed by atoms with Crippen LogP contribution in [0.25, 0.3) is 55.4 Å². The van der Waals surface area contributed by atoms with Gasteiger partial charge in [-0.3, -0.25) is 9.97 Å². The Morgan fingerprint density at radius 2 is 1.31 bits per heavy atom. The number of benzene rings is 3. The monoisotopic (exact) mass is 418 g/mol. The molecule has 0 saturated heterocycles. The highest BCUT2D eigenvalue weighted by Gasteiger charge is 2.12. The first-order valence-corrected chi connectivity index (χ1v) is 9.90. The van der Waals surface area contributed by atoms with Crippen molar-refractivity contribution in [3.8, 4) is 33.9 Å². The van der Waals surface area contributed by atoms with Crippen molar-refractivity contribution in [3.05, 3.63) is 115 Å². The predicted molar refractivity (Wildman–Crippen MR) is 131 cm³/mol. The number of rotatable bonds is 3. The molecular formula is C29H19N3. The molecule has 0 fully saturated rings. The third kappa shape index (κ3) is 3.21. The highest BCUT2D eigenvalue weighted by Crippen LogP contribution is 2.37. The summed E-state index contributed by atoms with van der Waals surface area (Å²) in [4.78, 5) is 12.5. The molecule has 32 heavy (non-hydrogen) atoms. The van der Waals surface area contributed by atoms with E-state index >= 15 is 0 Å². The van der Waals surface area contributed by atoms with Crippen LogP contribution >= 0.6 is 0 Å². The Hall–Kier alpha value is -4.37. The Morgan fingerprint density at radius 3 is 2.09 bits per heavy atom. The van der Waals surface area contributed by atoms with Crippen molar-refractivity contribution in [2.45, 2.75) is 0 Å². The standard InChI is InChI=1S/C29H19N3/c1-3-10-23-20(8-1)18-21-9-2-4-11-24(21)29(23)22-15-17-31-28(19-22)27-14-7-13-26(32-27)25-12-5-6-16-30-25/h1-19H/i5D,6D,7D,12D,13D,14D,15D,17D,19D. The zero-order valence-corrected chi connectivity index (χ0v) is 16.6. The van der Waals surface area contributed by atoms with Gasteiger partial charge in [0.2, 0.25) is 0 Å². The minimum atomic E-state index is -0.562. The molecule has 3 heteroatoms. The molecule has 6 aromatic rings. The van der Waals surface area contributed by atoms with Gasteiger partial charge in [0.25, 0.3) is 0 Å². The zero-order valence-electron chi connectivity index (χ0n) is 25.6. The Labute approximate surface area is 198 Å². The molecule has 150 valence electrons. The van der Waals surface area contributed by atoms with Crippen LogP contribution in [0.15, 0.2) is 115 Å². The molecule has 0 aliphatic heterocycles. The van der Waals surface area contributed by atoms with Crippen LogP contribution in [0.2, 0.25) is 0 Å². The van der Waals surface area contributed by atoms with Crippen molar-refractivity contribution in [2.75, 3.05) is 0 Å². The summed E-state index contributed by atoms with van der Waals surface area (Å²) in [6, 6.07) is 13.7. The van der Waals surface area contributed by atoms with E-state index in [1.165, 1.54) is 0 Å². The summed E-state index contributed by atoms with van der Waals surface area (Å²) in [6.07, 6.45) is 0.585. The minimum Gasteiger partial charge on any atom is -0.255 e. The van der Waals surface area contributed by atoms with E-state index in [4.69, 9.17) is 11.0 Å². The van der Waals surface area contributed by atoms with Gasteiger partial charge in [0, 0.05) is 12.4 Å². The lowest BCUT2D eigenvalue weighted by Gasteiger charge is -2.13. The van der Waals surface area contributed by atoms with Gasteiger partial charge in [-0.15, -0.1) is 0 Å². The SMILES string of the molecule is [2H]c1cnc(-c2nc(-c3nc([2H])c([2H])c(-c4c5ccccc5cc5ccccc45)c3[2H])c([2H])c([2H])c2[2H])c([2H])c1[2H]. The minimum absolute atomic E-state index is 0.114. The Morgan fingerprint density at radius 1 is 0.625 bits per heavy atom. The van der Waals surface area contributed by atoms with Crippen molar-refractivity contribution in [1.82, 2.24) is 15.0 Å². The van der Waals surface area contributed by atoms with Crippen LogP contribution in [0, 0.1) is 0 Å². The smallest absolute Gasteiger partial charge is 0.0894 e. The summed E-state index contributed by atoms with van der Waals surface area (Å²) in [5.74, 6) is 0. The van der Waals surface area contributed by atoms with E-state index in [-0.39, 0.29) is 46.5 Å². The fraction of sp³-hybridized carbons (Fsp3) is 0. The number of aromatic nitrogens is 3. The summed E-state index contributed by atoms with van der Waals surface area (Å²) in [5, 5.41) is 3.26. The van der Waals surface area contributed by atoms with Crippen LogP contribution in [0.5, 0.6) is 0 Å². The number of hydrogen-bond acceptors (Lipinski definition) is 3. The van der Waals surface area contributed by atoms with Crippen molar-refractivity contribution in [3.63, 3.8) is 0 Å². The van der Waals surface area contributed by atoms with E-state index in [0.717, 1.165) is 27.7 Å². The first-order chi connectivity index (χ1) is 19.6. The summed E-state index contributed by atoms with van der Waals surface area (Å²) < 4.78 is 75.9. The van der Waals surface area contributed by atoms with E-state index < -0.39 is 36.4 Å². The third-order valence-electron chi connectivity index (χ3n) is 5.16. The van der Waals surface area contributed by atoms with Crippen LogP contribution < -0.4 is 0 Å². The second-order valence-electron chi connectivity index (χ2n) is 7.08. The summed E-state index contributed by atoms with van der Waals surface area (Å²) in [6.45, 7) is 0. The lowest BCUT2D eigenvalue weighted by atomic mass is 9.92. The maximum atomic E-state index is 9.21. The fourth-order valence-corrected chi connectivity index (χ4v) is 3.76. The van der Waals surface area contributed by atoms with Gasteiger partial charge in [-0.2, -0.15) is 0 Å². The quantitative estimate of drug-likeness (QED) is 0.286. The van der Waals surface area contributed by atoms with Gasteiger partial charge in [0.1, 0.15) is 0 Å². The van der Waals surface area contributed by atoms with Gasteiger partial charge >= 0.3 is 0 Å². The molecule has 0 atom stereocenters. The largest absolute Gasteiger partial charge is 0.255 e. The molecule has 0 saturated carbocycles. The van der Waals surface area contributed by atoms with Gasteiger partial charge < -0.3 is 0 Å². The van der Waals surface area contributed by atoms with Crippen LogP contribution in [-0.4, -0.2) is 15.0 Å². The lowest BCUT2D eigenvalue weighted by molar-refractivity contribution is 1.22. The normalized spacial score (nSPS) is 15.1. The van der Waals surface area contributed by atoms with Crippen molar-refractivity contribution in [2.24, 2.45) is 0 Å². The molecule has 0 aliphatic carbocycles. The second-order valence-corrected chi connectivity index (χ2v) is 7.08. The molecule has 0 amide bonds. The molecule has 0 radical (unpaired) electrons. The average molecular weight is 419 g/mol. The molecule has 3 aromatic heterocycles. The average Bonchev–Trinajstić information content (AvgIpc) is 2.97. The molecule has 3 aromatic carbocycles. The van der Waals surface area contributed by atoms with Crippen LogP contribution in [0.4, 0.5) is 0 Å². The van der Waals surface area contributed by atoms with E-state index in [1.54, 1.807) is 0 Å². The van der Waals surface area contributed by atoms with Gasteiger partial charge in [0.15, 0.2) is 0 Å². The van der Waals surface area contributed by atoms with E-state index in [1.807, 2.05) is 54.6 Å². The molecule has 3 heterocycles. The maximum Gasteiger partial charge on any atom is 0.0894 e. The predicted octanol–water partition coefficient (Wildman–Crippen LogP) is 7.18. The Kier molecular flexibility index (Phi) is 2.72. The Bertz CT molecular complexity index is 2010. The molecular weight excluding hydrogens is 390 g/mol. The van der Waals surface area contributed by atoms with Crippen LogP contribution in [-0.2, 0) is 0 Å². The van der Waals surface area contributed by atoms with E-state index in [2.05, 4.69) is 15.0 Å². The van der Waals surface area contributed by atoms with Gasteiger partial charge in [0.05, 0.1) is 35.1 Å². The first-order valence-electron chi connectivity index (χ1n) is 14.4.